The molecule has 1 nitrogen and oxygen atoms in total. The average molecular weight is 239 g/mol. The van der Waals surface area contributed by atoms with Crippen molar-refractivity contribution in [2.24, 2.45) is 41.2 Å². The third kappa shape index (κ3) is 3.47. The molecule has 0 aromatic rings. The zero-order valence-electron chi connectivity index (χ0n) is 12.7. The third-order valence-electron chi connectivity index (χ3n) is 5.24. The topological polar surface area (TPSA) is 26.0 Å². The van der Waals surface area contributed by atoms with Crippen LogP contribution in [0.3, 0.4) is 0 Å². The Morgan fingerprint density at radius 1 is 1.00 bits per heavy atom. The van der Waals surface area contributed by atoms with Gasteiger partial charge in [-0.2, -0.15) is 0 Å². The predicted molar refractivity (Wildman–Crippen MR) is 76.8 cm³/mol. The second-order valence-corrected chi connectivity index (χ2v) is 7.01. The van der Waals surface area contributed by atoms with E-state index < -0.39 is 0 Å². The predicted octanol–water partition coefficient (Wildman–Crippen LogP) is 4.31. The molecule has 0 spiro atoms. The van der Waals surface area contributed by atoms with Crippen LogP contribution in [0.25, 0.3) is 0 Å². The van der Waals surface area contributed by atoms with Gasteiger partial charge in [0.1, 0.15) is 0 Å². The lowest BCUT2D eigenvalue weighted by atomic mass is 9.61. The molecule has 0 radical (unpaired) electrons. The summed E-state index contributed by atoms with van der Waals surface area (Å²) >= 11 is 0. The van der Waals surface area contributed by atoms with Crippen LogP contribution in [-0.2, 0) is 0 Å². The largest absolute Gasteiger partial charge is 0.327 e. The normalized spacial score (nSPS) is 36.5. The van der Waals surface area contributed by atoms with Crippen molar-refractivity contribution in [2.45, 2.75) is 66.8 Å². The minimum Gasteiger partial charge on any atom is -0.327 e. The average Bonchev–Trinajstić information content (AvgIpc) is 2.26. The van der Waals surface area contributed by atoms with E-state index >= 15 is 0 Å². The van der Waals surface area contributed by atoms with Gasteiger partial charge < -0.3 is 5.73 Å². The first-order chi connectivity index (χ1) is 7.88. The molecule has 0 aliphatic heterocycles. The van der Waals surface area contributed by atoms with Gasteiger partial charge in [-0.1, -0.05) is 48.0 Å². The van der Waals surface area contributed by atoms with Gasteiger partial charge in [0.2, 0.25) is 0 Å². The first-order valence-corrected chi connectivity index (χ1v) is 7.64. The Kier molecular flexibility index (Phi) is 5.50. The van der Waals surface area contributed by atoms with E-state index in [1.165, 1.54) is 19.3 Å². The van der Waals surface area contributed by atoms with Crippen molar-refractivity contribution < 1.29 is 0 Å². The minimum absolute atomic E-state index is 0.429. The summed E-state index contributed by atoms with van der Waals surface area (Å²) in [5.74, 6) is 4.78. The van der Waals surface area contributed by atoms with E-state index in [2.05, 4.69) is 41.5 Å². The highest BCUT2D eigenvalue weighted by Gasteiger charge is 2.40. The maximum Gasteiger partial charge on any atom is 0.00751 e. The van der Waals surface area contributed by atoms with Gasteiger partial charge in [-0.05, 0) is 48.3 Å². The van der Waals surface area contributed by atoms with E-state index in [0.717, 1.165) is 35.5 Å². The summed E-state index contributed by atoms with van der Waals surface area (Å²) in [7, 11) is 0. The van der Waals surface area contributed by atoms with Gasteiger partial charge in [0.25, 0.3) is 0 Å². The number of hydrogen-bond acceptors (Lipinski definition) is 1. The SMILES string of the molecule is CCC(C)C1C(N)CC(C(C)C)CC1C(C)C. The molecule has 5 atom stereocenters. The molecule has 0 heterocycles. The summed E-state index contributed by atoms with van der Waals surface area (Å²) in [6.45, 7) is 14.2. The fourth-order valence-electron chi connectivity index (χ4n) is 3.80. The van der Waals surface area contributed by atoms with E-state index in [4.69, 9.17) is 5.73 Å². The molecule has 2 N–H and O–H groups in total. The summed E-state index contributed by atoms with van der Waals surface area (Å²) in [4.78, 5) is 0. The maximum absolute atomic E-state index is 6.51. The van der Waals surface area contributed by atoms with Crippen LogP contribution in [0.2, 0.25) is 0 Å². The Morgan fingerprint density at radius 2 is 1.59 bits per heavy atom. The van der Waals surface area contributed by atoms with E-state index in [0.29, 0.717) is 6.04 Å². The van der Waals surface area contributed by atoms with Crippen molar-refractivity contribution in [1.82, 2.24) is 0 Å². The molecule has 1 heteroatoms. The molecular weight excluding hydrogens is 206 g/mol. The highest BCUT2D eigenvalue weighted by atomic mass is 14.7. The second-order valence-electron chi connectivity index (χ2n) is 7.01. The summed E-state index contributed by atoms with van der Waals surface area (Å²) in [5, 5.41) is 0. The van der Waals surface area contributed by atoms with Crippen molar-refractivity contribution in [3.05, 3.63) is 0 Å². The first-order valence-electron chi connectivity index (χ1n) is 7.64. The van der Waals surface area contributed by atoms with Gasteiger partial charge in [-0.3, -0.25) is 0 Å². The van der Waals surface area contributed by atoms with Crippen LogP contribution in [-0.4, -0.2) is 6.04 Å². The van der Waals surface area contributed by atoms with Crippen molar-refractivity contribution in [1.29, 1.82) is 0 Å². The zero-order chi connectivity index (χ0) is 13.2. The van der Waals surface area contributed by atoms with Gasteiger partial charge in [0, 0.05) is 6.04 Å². The van der Waals surface area contributed by atoms with E-state index in [9.17, 15) is 0 Å². The van der Waals surface area contributed by atoms with Crippen molar-refractivity contribution >= 4 is 0 Å². The summed E-state index contributed by atoms with van der Waals surface area (Å²) < 4.78 is 0. The van der Waals surface area contributed by atoms with Crippen LogP contribution >= 0.6 is 0 Å². The monoisotopic (exact) mass is 239 g/mol. The Labute approximate surface area is 109 Å². The minimum atomic E-state index is 0.429. The zero-order valence-corrected chi connectivity index (χ0v) is 12.7. The lowest BCUT2D eigenvalue weighted by Crippen LogP contribution is -2.47. The standard InChI is InChI=1S/C16H33N/c1-7-12(6)16-14(11(4)5)8-13(10(2)3)9-15(16)17/h10-16H,7-9,17H2,1-6H3. The number of nitrogens with two attached hydrogens (primary N) is 1. The van der Waals surface area contributed by atoms with Crippen LogP contribution in [0.4, 0.5) is 0 Å². The van der Waals surface area contributed by atoms with Gasteiger partial charge in [-0.15, -0.1) is 0 Å². The van der Waals surface area contributed by atoms with Crippen LogP contribution in [0.15, 0.2) is 0 Å². The van der Waals surface area contributed by atoms with Crippen molar-refractivity contribution in [2.75, 3.05) is 0 Å². The van der Waals surface area contributed by atoms with E-state index in [1.807, 2.05) is 0 Å². The Morgan fingerprint density at radius 3 is 2.00 bits per heavy atom. The van der Waals surface area contributed by atoms with Gasteiger partial charge >= 0.3 is 0 Å². The fraction of sp³-hybridized carbons (Fsp3) is 1.00. The highest BCUT2D eigenvalue weighted by molar-refractivity contribution is 4.92. The molecular formula is C16H33N. The van der Waals surface area contributed by atoms with Crippen LogP contribution < -0.4 is 5.73 Å². The number of rotatable bonds is 4. The molecule has 1 fully saturated rings. The molecule has 102 valence electrons. The van der Waals surface area contributed by atoms with Crippen LogP contribution in [0.1, 0.15) is 60.8 Å². The highest BCUT2D eigenvalue weighted by Crippen LogP contribution is 2.44. The molecule has 0 aromatic heterocycles. The molecule has 1 rings (SSSR count). The van der Waals surface area contributed by atoms with Crippen molar-refractivity contribution in [3.63, 3.8) is 0 Å². The molecule has 17 heavy (non-hydrogen) atoms. The maximum atomic E-state index is 6.51. The van der Waals surface area contributed by atoms with Gasteiger partial charge in [0.05, 0.1) is 0 Å². The Bertz CT molecular complexity index is 222. The molecule has 0 bridgehead atoms. The molecule has 1 aliphatic carbocycles. The molecule has 0 saturated heterocycles. The molecule has 0 amide bonds. The molecule has 5 unspecified atom stereocenters. The smallest absolute Gasteiger partial charge is 0.00751 e. The Hall–Kier alpha value is -0.0400. The van der Waals surface area contributed by atoms with Crippen LogP contribution in [0, 0.1) is 35.5 Å². The van der Waals surface area contributed by atoms with Crippen molar-refractivity contribution in [3.8, 4) is 0 Å². The summed E-state index contributed by atoms with van der Waals surface area (Å²) in [6.07, 6.45) is 3.92. The quantitative estimate of drug-likeness (QED) is 0.777. The Balaban J connectivity index is 2.83. The van der Waals surface area contributed by atoms with E-state index in [1.54, 1.807) is 0 Å². The second kappa shape index (κ2) is 6.22. The van der Waals surface area contributed by atoms with Gasteiger partial charge in [-0.25, -0.2) is 0 Å². The lowest BCUT2D eigenvalue weighted by molar-refractivity contribution is 0.0555. The summed E-state index contributed by atoms with van der Waals surface area (Å²) in [6, 6.07) is 0.429. The van der Waals surface area contributed by atoms with Crippen LogP contribution in [0.5, 0.6) is 0 Å². The summed E-state index contributed by atoms with van der Waals surface area (Å²) in [5.41, 5.74) is 6.51. The molecule has 1 aliphatic rings. The molecule has 0 aromatic carbocycles. The number of hydrogen-bond donors (Lipinski definition) is 1. The lowest BCUT2D eigenvalue weighted by Gasteiger charge is -2.46. The van der Waals surface area contributed by atoms with Gasteiger partial charge in [0.15, 0.2) is 0 Å². The fourth-order valence-corrected chi connectivity index (χ4v) is 3.80. The third-order valence-corrected chi connectivity index (χ3v) is 5.24. The first kappa shape index (κ1) is 15.0. The van der Waals surface area contributed by atoms with E-state index in [-0.39, 0.29) is 0 Å². The molecule has 1 saturated carbocycles.